The largest absolute Gasteiger partial charge is 0.319 e. The van der Waals surface area contributed by atoms with Gasteiger partial charge in [-0.2, -0.15) is 5.10 Å². The van der Waals surface area contributed by atoms with Crippen LogP contribution in [0, 0.1) is 0 Å². The van der Waals surface area contributed by atoms with Crippen molar-refractivity contribution in [3.8, 4) is 0 Å². The van der Waals surface area contributed by atoms with Gasteiger partial charge in [0.05, 0.1) is 16.8 Å². The molecule has 0 aliphatic rings. The lowest BCUT2D eigenvalue weighted by molar-refractivity contribution is 0.103. The summed E-state index contributed by atoms with van der Waals surface area (Å²) in [5, 5.41) is 8.84. The molecule has 2 rings (SSSR count). The number of rotatable bonds is 3. The first-order chi connectivity index (χ1) is 7.66. The molecule has 2 aromatic heterocycles. The minimum atomic E-state index is -0.0849. The van der Waals surface area contributed by atoms with Gasteiger partial charge in [0, 0.05) is 12.2 Å². The minimum Gasteiger partial charge on any atom is -0.319 e. The first-order valence-electron chi connectivity index (χ1n) is 5.06. The number of anilines is 1. The molecule has 2 aromatic rings. The Kier molecular flexibility index (Phi) is 3.05. The Morgan fingerprint density at radius 1 is 1.56 bits per heavy atom. The molecule has 0 fully saturated rings. The molecule has 0 atom stereocenters. The molecule has 0 unspecified atom stereocenters. The Bertz CT molecular complexity index is 473. The lowest BCUT2D eigenvalue weighted by Gasteiger charge is -2.03. The van der Waals surface area contributed by atoms with Crippen LogP contribution in [0.5, 0.6) is 0 Å². The van der Waals surface area contributed by atoms with Gasteiger partial charge in [0.25, 0.3) is 5.91 Å². The van der Waals surface area contributed by atoms with Crippen LogP contribution in [0.3, 0.4) is 0 Å². The number of hydrogen-bond acceptors (Lipinski definition) is 3. The molecule has 2 heterocycles. The van der Waals surface area contributed by atoms with Crippen molar-refractivity contribution >= 4 is 22.9 Å². The van der Waals surface area contributed by atoms with Gasteiger partial charge in [0.2, 0.25) is 0 Å². The second-order valence-electron chi connectivity index (χ2n) is 3.73. The van der Waals surface area contributed by atoms with E-state index in [0.29, 0.717) is 10.9 Å². The first-order valence-corrected chi connectivity index (χ1v) is 5.94. The normalized spacial score (nSPS) is 10.7. The number of carbonyl (C=O) groups excluding carboxylic acids is 1. The molecule has 1 N–H and O–H groups in total. The molecule has 0 radical (unpaired) electrons. The van der Waals surface area contributed by atoms with Gasteiger partial charge in [0.15, 0.2) is 0 Å². The van der Waals surface area contributed by atoms with E-state index in [1.54, 1.807) is 12.3 Å². The molecule has 1 amide bonds. The molecule has 0 aliphatic heterocycles. The van der Waals surface area contributed by atoms with Crippen molar-refractivity contribution in [2.75, 3.05) is 5.32 Å². The molecule has 16 heavy (non-hydrogen) atoms. The van der Waals surface area contributed by atoms with Crippen LogP contribution in [0.4, 0.5) is 5.69 Å². The van der Waals surface area contributed by atoms with Gasteiger partial charge in [-0.3, -0.25) is 9.48 Å². The molecule has 0 spiro atoms. The van der Waals surface area contributed by atoms with Crippen molar-refractivity contribution < 1.29 is 4.79 Å². The molecule has 5 heteroatoms. The summed E-state index contributed by atoms with van der Waals surface area (Å²) in [6, 6.07) is 3.96. The van der Waals surface area contributed by atoms with Crippen LogP contribution >= 0.6 is 11.3 Å². The number of carbonyl (C=O) groups is 1. The maximum atomic E-state index is 11.7. The van der Waals surface area contributed by atoms with Crippen molar-refractivity contribution in [2.24, 2.45) is 0 Å². The van der Waals surface area contributed by atoms with Crippen LogP contribution in [-0.2, 0) is 0 Å². The third-order valence-electron chi connectivity index (χ3n) is 2.13. The number of nitrogens with one attached hydrogen (secondary N) is 1. The average molecular weight is 235 g/mol. The fraction of sp³-hybridized carbons (Fsp3) is 0.273. The molecule has 0 saturated carbocycles. The summed E-state index contributed by atoms with van der Waals surface area (Å²) in [5.74, 6) is -0.0849. The standard InChI is InChI=1S/C11H13N3OS/c1-8(2)14-7-9(6-12-14)13-11(15)10-4-3-5-16-10/h3-8H,1-2H3,(H,13,15). The van der Waals surface area contributed by atoms with E-state index < -0.39 is 0 Å². The Hall–Kier alpha value is -1.62. The summed E-state index contributed by atoms with van der Waals surface area (Å²) in [5.41, 5.74) is 0.729. The SMILES string of the molecule is CC(C)n1cc(NC(=O)c2cccs2)cn1. The predicted octanol–water partition coefficient (Wildman–Crippen LogP) is 2.78. The molecule has 0 saturated heterocycles. The summed E-state index contributed by atoms with van der Waals surface area (Å²) in [6.07, 6.45) is 3.49. The van der Waals surface area contributed by atoms with Crippen LogP contribution in [0.25, 0.3) is 0 Å². The molecule has 0 aromatic carbocycles. The lowest BCUT2D eigenvalue weighted by atomic mass is 10.4. The number of hydrogen-bond donors (Lipinski definition) is 1. The summed E-state index contributed by atoms with van der Waals surface area (Å²) in [7, 11) is 0. The fourth-order valence-electron chi connectivity index (χ4n) is 1.29. The van der Waals surface area contributed by atoms with Gasteiger partial charge in [-0.05, 0) is 25.3 Å². The zero-order valence-corrected chi connectivity index (χ0v) is 9.99. The monoisotopic (exact) mass is 235 g/mol. The van der Waals surface area contributed by atoms with Crippen LogP contribution in [-0.4, -0.2) is 15.7 Å². The van der Waals surface area contributed by atoms with Crippen LogP contribution in [0.1, 0.15) is 29.6 Å². The molecule has 0 bridgehead atoms. The quantitative estimate of drug-likeness (QED) is 0.889. The number of nitrogens with zero attached hydrogens (tertiary/aromatic N) is 2. The van der Waals surface area contributed by atoms with Gasteiger partial charge < -0.3 is 5.32 Å². The van der Waals surface area contributed by atoms with Crippen molar-refractivity contribution in [1.82, 2.24) is 9.78 Å². The van der Waals surface area contributed by atoms with Crippen molar-refractivity contribution in [3.05, 3.63) is 34.8 Å². The zero-order valence-electron chi connectivity index (χ0n) is 9.18. The summed E-state index contributed by atoms with van der Waals surface area (Å²) < 4.78 is 1.81. The first kappa shape index (κ1) is 10.9. The maximum Gasteiger partial charge on any atom is 0.265 e. The Labute approximate surface area is 97.9 Å². The summed E-state index contributed by atoms with van der Waals surface area (Å²) in [6.45, 7) is 4.08. The lowest BCUT2D eigenvalue weighted by Crippen LogP contribution is -2.09. The highest BCUT2D eigenvalue weighted by Gasteiger charge is 2.08. The van der Waals surface area contributed by atoms with Crippen molar-refractivity contribution in [3.63, 3.8) is 0 Å². The fourth-order valence-corrected chi connectivity index (χ4v) is 1.90. The third kappa shape index (κ3) is 2.30. The van der Waals surface area contributed by atoms with E-state index in [1.165, 1.54) is 11.3 Å². The van der Waals surface area contributed by atoms with E-state index >= 15 is 0 Å². The highest BCUT2D eigenvalue weighted by Crippen LogP contribution is 2.14. The second-order valence-corrected chi connectivity index (χ2v) is 4.68. The minimum absolute atomic E-state index is 0.0849. The Morgan fingerprint density at radius 2 is 2.38 bits per heavy atom. The van der Waals surface area contributed by atoms with Crippen LogP contribution in [0.15, 0.2) is 29.9 Å². The second kappa shape index (κ2) is 4.49. The molecular weight excluding hydrogens is 222 g/mol. The Morgan fingerprint density at radius 3 is 2.94 bits per heavy atom. The van der Waals surface area contributed by atoms with Gasteiger partial charge in [-0.25, -0.2) is 0 Å². The molecular formula is C11H13N3OS. The average Bonchev–Trinajstić information content (AvgIpc) is 2.87. The van der Waals surface area contributed by atoms with Gasteiger partial charge in [0.1, 0.15) is 0 Å². The van der Waals surface area contributed by atoms with E-state index in [-0.39, 0.29) is 5.91 Å². The zero-order chi connectivity index (χ0) is 11.5. The van der Waals surface area contributed by atoms with E-state index in [4.69, 9.17) is 0 Å². The van der Waals surface area contributed by atoms with E-state index in [1.807, 2.05) is 36.2 Å². The van der Waals surface area contributed by atoms with Crippen molar-refractivity contribution in [1.29, 1.82) is 0 Å². The number of aromatic nitrogens is 2. The van der Waals surface area contributed by atoms with Crippen molar-refractivity contribution in [2.45, 2.75) is 19.9 Å². The molecule has 84 valence electrons. The van der Waals surface area contributed by atoms with Gasteiger partial charge >= 0.3 is 0 Å². The highest BCUT2D eigenvalue weighted by molar-refractivity contribution is 7.12. The van der Waals surface area contributed by atoms with E-state index in [9.17, 15) is 4.79 Å². The Balaban J connectivity index is 2.07. The third-order valence-corrected chi connectivity index (χ3v) is 3.00. The van der Waals surface area contributed by atoms with Gasteiger partial charge in [-0.15, -0.1) is 11.3 Å². The molecule has 0 aliphatic carbocycles. The molecule has 4 nitrogen and oxygen atoms in total. The smallest absolute Gasteiger partial charge is 0.265 e. The highest BCUT2D eigenvalue weighted by atomic mass is 32.1. The van der Waals surface area contributed by atoms with Crippen LogP contribution < -0.4 is 5.32 Å². The number of thiophene rings is 1. The summed E-state index contributed by atoms with van der Waals surface area (Å²) in [4.78, 5) is 12.4. The maximum absolute atomic E-state index is 11.7. The summed E-state index contributed by atoms with van der Waals surface area (Å²) >= 11 is 1.42. The van der Waals surface area contributed by atoms with E-state index in [0.717, 1.165) is 5.69 Å². The van der Waals surface area contributed by atoms with Gasteiger partial charge in [-0.1, -0.05) is 6.07 Å². The van der Waals surface area contributed by atoms with Crippen LogP contribution in [0.2, 0.25) is 0 Å². The topological polar surface area (TPSA) is 46.9 Å². The van der Waals surface area contributed by atoms with E-state index in [2.05, 4.69) is 10.4 Å². The number of amides is 1. The predicted molar refractivity (Wildman–Crippen MR) is 64.9 cm³/mol.